The number of halogens is 1. The number of nitrogens with one attached hydrogen (secondary N) is 2. The number of aromatic nitrogens is 1. The molecule has 0 spiro atoms. The van der Waals surface area contributed by atoms with E-state index in [1.54, 1.807) is 6.20 Å². The Morgan fingerprint density at radius 2 is 1.91 bits per heavy atom. The van der Waals surface area contributed by atoms with Gasteiger partial charge in [-0.1, -0.05) is 18.2 Å². The minimum Gasteiger partial charge on any atom is -0.459 e. The first kappa shape index (κ1) is 15.3. The molecule has 4 rings (SSSR count). The quantitative estimate of drug-likeness (QED) is 0.833. The fourth-order valence-corrected chi connectivity index (χ4v) is 3.34. The van der Waals surface area contributed by atoms with E-state index in [1.165, 1.54) is 0 Å². The van der Waals surface area contributed by atoms with Crippen LogP contribution in [0.15, 0.2) is 30.5 Å². The molecular formula is C16H19ClN2O3. The van der Waals surface area contributed by atoms with Crippen LogP contribution in [0.3, 0.4) is 0 Å². The van der Waals surface area contributed by atoms with Gasteiger partial charge >= 0.3 is 5.97 Å². The molecule has 1 unspecified atom stereocenters. The van der Waals surface area contributed by atoms with Gasteiger partial charge in [-0.2, -0.15) is 0 Å². The minimum absolute atomic E-state index is 0. The normalized spacial score (nSPS) is 27.2. The molecule has 2 aromatic rings. The van der Waals surface area contributed by atoms with Gasteiger partial charge in [0.2, 0.25) is 0 Å². The number of fused-ring (bicyclic) bond motifs is 3. The first-order valence-corrected chi connectivity index (χ1v) is 7.40. The Morgan fingerprint density at radius 3 is 2.68 bits per heavy atom. The maximum atomic E-state index is 12.4. The smallest absolute Gasteiger partial charge is 0.340 e. The van der Waals surface area contributed by atoms with Gasteiger partial charge in [0.15, 0.2) is 0 Å². The predicted octanol–water partition coefficient (Wildman–Crippen LogP) is 2.27. The van der Waals surface area contributed by atoms with E-state index < -0.39 is 0 Å². The number of morpholine rings is 1. The second kappa shape index (κ2) is 6.28. The summed E-state index contributed by atoms with van der Waals surface area (Å²) >= 11 is 0. The highest BCUT2D eigenvalue weighted by Gasteiger charge is 2.34. The molecule has 0 saturated carbocycles. The molecule has 0 radical (unpaired) electrons. The third-order valence-electron chi connectivity index (χ3n) is 4.29. The minimum atomic E-state index is -0.238. The molecule has 2 aliphatic heterocycles. The highest BCUT2D eigenvalue weighted by molar-refractivity contribution is 6.04. The Labute approximate surface area is 134 Å². The van der Waals surface area contributed by atoms with Crippen LogP contribution in [0.25, 0.3) is 10.9 Å². The molecule has 2 saturated heterocycles. The summed E-state index contributed by atoms with van der Waals surface area (Å²) in [6, 6.07) is 8.38. The number of carbonyl (C=O) groups excluding carboxylic acids is 1. The predicted molar refractivity (Wildman–Crippen MR) is 85.5 cm³/mol. The summed E-state index contributed by atoms with van der Waals surface area (Å²) in [5, 5.41) is 4.41. The fraction of sp³-hybridized carbons (Fsp3) is 0.438. The van der Waals surface area contributed by atoms with Gasteiger partial charge < -0.3 is 19.8 Å². The van der Waals surface area contributed by atoms with Crippen molar-refractivity contribution in [3.8, 4) is 0 Å². The van der Waals surface area contributed by atoms with Crippen LogP contribution in [-0.4, -0.2) is 42.4 Å². The van der Waals surface area contributed by atoms with Crippen LogP contribution in [-0.2, 0) is 9.47 Å². The van der Waals surface area contributed by atoms with Crippen molar-refractivity contribution < 1.29 is 14.3 Å². The highest BCUT2D eigenvalue weighted by atomic mass is 35.5. The molecule has 1 aromatic heterocycles. The molecular weight excluding hydrogens is 304 g/mol. The lowest BCUT2D eigenvalue weighted by Gasteiger charge is -2.39. The number of hydrogen-bond donors (Lipinski definition) is 2. The van der Waals surface area contributed by atoms with Gasteiger partial charge in [0, 0.05) is 42.0 Å². The standard InChI is InChI=1S/C16H18N2O3.ClH/c19-16(14-7-17-15-4-2-1-3-13(14)15)21-12-5-10-8-20-9-11(6-12)18-10;/h1-4,7,10-12,17-18H,5-6,8-9H2;1H/t10-,11+,12?;. The summed E-state index contributed by atoms with van der Waals surface area (Å²) < 4.78 is 11.2. The summed E-state index contributed by atoms with van der Waals surface area (Å²) in [6.45, 7) is 1.41. The molecule has 0 aliphatic carbocycles. The summed E-state index contributed by atoms with van der Waals surface area (Å²) in [6.07, 6.45) is 3.36. The monoisotopic (exact) mass is 322 g/mol. The number of carbonyl (C=O) groups is 1. The van der Waals surface area contributed by atoms with E-state index in [0.717, 1.165) is 23.7 Å². The average Bonchev–Trinajstić information content (AvgIpc) is 2.91. The Hall–Kier alpha value is -1.56. The highest BCUT2D eigenvalue weighted by Crippen LogP contribution is 2.24. The maximum Gasteiger partial charge on any atom is 0.340 e. The van der Waals surface area contributed by atoms with Crippen molar-refractivity contribution in [1.29, 1.82) is 0 Å². The number of aromatic amines is 1. The zero-order valence-corrected chi connectivity index (χ0v) is 12.9. The zero-order valence-electron chi connectivity index (χ0n) is 12.1. The van der Waals surface area contributed by atoms with Gasteiger partial charge in [-0.15, -0.1) is 12.4 Å². The van der Waals surface area contributed by atoms with E-state index in [2.05, 4.69) is 10.3 Å². The maximum absolute atomic E-state index is 12.4. The Kier molecular flexibility index (Phi) is 4.38. The van der Waals surface area contributed by atoms with Gasteiger partial charge in [0.05, 0.1) is 18.8 Å². The van der Waals surface area contributed by atoms with E-state index in [1.807, 2.05) is 24.3 Å². The summed E-state index contributed by atoms with van der Waals surface area (Å²) in [4.78, 5) is 15.5. The molecule has 5 nitrogen and oxygen atoms in total. The number of esters is 1. The number of ether oxygens (including phenoxy) is 2. The Balaban J connectivity index is 0.00000144. The van der Waals surface area contributed by atoms with E-state index in [-0.39, 0.29) is 24.5 Å². The van der Waals surface area contributed by atoms with Crippen LogP contribution >= 0.6 is 12.4 Å². The zero-order chi connectivity index (χ0) is 14.2. The number of para-hydroxylation sites is 1. The second-order valence-corrected chi connectivity index (χ2v) is 5.84. The Bertz CT molecular complexity index is 660. The number of piperidine rings is 1. The third-order valence-corrected chi connectivity index (χ3v) is 4.29. The van der Waals surface area contributed by atoms with Crippen LogP contribution in [0.5, 0.6) is 0 Å². The largest absolute Gasteiger partial charge is 0.459 e. The molecule has 2 N–H and O–H groups in total. The summed E-state index contributed by atoms with van der Waals surface area (Å²) in [5.41, 5.74) is 1.57. The lowest BCUT2D eigenvalue weighted by molar-refractivity contribution is -0.0339. The third kappa shape index (κ3) is 2.84. The van der Waals surface area contributed by atoms with Crippen molar-refractivity contribution in [2.75, 3.05) is 13.2 Å². The first-order chi connectivity index (χ1) is 10.3. The van der Waals surface area contributed by atoms with Crippen LogP contribution in [0, 0.1) is 0 Å². The molecule has 3 atom stereocenters. The first-order valence-electron chi connectivity index (χ1n) is 7.40. The molecule has 6 heteroatoms. The topological polar surface area (TPSA) is 63.4 Å². The molecule has 1 aromatic carbocycles. The SMILES string of the molecule is Cl.O=C(OC1C[C@H]2COC[C@@H](C1)N2)c1c[nH]c2ccccc12. The van der Waals surface area contributed by atoms with Crippen molar-refractivity contribution in [3.63, 3.8) is 0 Å². The van der Waals surface area contributed by atoms with Crippen LogP contribution < -0.4 is 5.32 Å². The molecule has 0 amide bonds. The second-order valence-electron chi connectivity index (χ2n) is 5.84. The molecule has 2 bridgehead atoms. The van der Waals surface area contributed by atoms with E-state index in [0.29, 0.717) is 30.9 Å². The van der Waals surface area contributed by atoms with Crippen molar-refractivity contribution >= 4 is 29.3 Å². The van der Waals surface area contributed by atoms with Crippen molar-refractivity contribution in [1.82, 2.24) is 10.3 Å². The van der Waals surface area contributed by atoms with Gasteiger partial charge in [-0.25, -0.2) is 4.79 Å². The molecule has 22 heavy (non-hydrogen) atoms. The lowest BCUT2D eigenvalue weighted by atomic mass is 9.94. The summed E-state index contributed by atoms with van der Waals surface area (Å²) in [7, 11) is 0. The van der Waals surface area contributed by atoms with Crippen LogP contribution in [0.1, 0.15) is 23.2 Å². The summed E-state index contributed by atoms with van der Waals surface area (Å²) in [5.74, 6) is -0.238. The molecule has 2 aliphatic rings. The molecule has 2 fully saturated rings. The van der Waals surface area contributed by atoms with Gasteiger partial charge in [-0.05, 0) is 6.07 Å². The van der Waals surface area contributed by atoms with E-state index in [4.69, 9.17) is 9.47 Å². The fourth-order valence-electron chi connectivity index (χ4n) is 3.34. The van der Waals surface area contributed by atoms with E-state index in [9.17, 15) is 4.79 Å². The van der Waals surface area contributed by atoms with Crippen molar-refractivity contribution in [2.24, 2.45) is 0 Å². The van der Waals surface area contributed by atoms with Gasteiger partial charge in [0.1, 0.15) is 6.10 Å². The van der Waals surface area contributed by atoms with Gasteiger partial charge in [-0.3, -0.25) is 0 Å². The van der Waals surface area contributed by atoms with Crippen LogP contribution in [0.2, 0.25) is 0 Å². The van der Waals surface area contributed by atoms with Crippen LogP contribution in [0.4, 0.5) is 0 Å². The number of hydrogen-bond acceptors (Lipinski definition) is 4. The van der Waals surface area contributed by atoms with Crippen molar-refractivity contribution in [3.05, 3.63) is 36.0 Å². The number of H-pyrrole nitrogens is 1. The number of benzene rings is 1. The molecule has 3 heterocycles. The lowest BCUT2D eigenvalue weighted by Crippen LogP contribution is -2.56. The van der Waals surface area contributed by atoms with Crippen molar-refractivity contribution in [2.45, 2.75) is 31.0 Å². The molecule has 118 valence electrons. The average molecular weight is 323 g/mol. The van der Waals surface area contributed by atoms with Gasteiger partial charge in [0.25, 0.3) is 0 Å². The Morgan fingerprint density at radius 1 is 1.18 bits per heavy atom. The number of rotatable bonds is 2. The van der Waals surface area contributed by atoms with E-state index >= 15 is 0 Å².